The molecule has 2 N–H and O–H groups in total. The minimum absolute atomic E-state index is 0. The van der Waals surface area contributed by atoms with Gasteiger partial charge in [0.05, 0.1) is 11.6 Å². The molecule has 158 valence electrons. The number of likely N-dealkylation sites (tertiary alicyclic amines) is 1. The maximum atomic E-state index is 12.3. The second kappa shape index (κ2) is 12.1. The number of guanidine groups is 1. The third kappa shape index (κ3) is 7.58. The molecule has 1 saturated heterocycles. The number of thiazole rings is 1. The molecule has 2 heterocycles. The van der Waals surface area contributed by atoms with Gasteiger partial charge in [-0.25, -0.2) is 9.98 Å². The number of hydrogen-bond acceptors (Lipinski definition) is 4. The Morgan fingerprint density at radius 3 is 2.79 bits per heavy atom. The molecule has 1 aliphatic rings. The Labute approximate surface area is 194 Å². The van der Waals surface area contributed by atoms with Gasteiger partial charge in [-0.05, 0) is 25.8 Å². The summed E-state index contributed by atoms with van der Waals surface area (Å²) >= 11 is 1.67. The average molecular weight is 527 g/mol. The van der Waals surface area contributed by atoms with Crippen molar-refractivity contribution >= 4 is 47.2 Å². The summed E-state index contributed by atoms with van der Waals surface area (Å²) < 4.78 is 0. The number of carbonyl (C=O) groups is 1. The lowest BCUT2D eigenvalue weighted by Crippen LogP contribution is -2.40. The molecular formula is C21H30IN5OS. The Balaban J connectivity index is 0.00000300. The molecule has 2 aromatic rings. The van der Waals surface area contributed by atoms with E-state index >= 15 is 0 Å². The molecule has 1 unspecified atom stereocenters. The first kappa shape index (κ1) is 23.6. The molecule has 1 aromatic heterocycles. The zero-order chi connectivity index (χ0) is 19.8. The maximum Gasteiger partial charge on any atom is 0.223 e. The number of aromatic nitrogens is 1. The number of amides is 1. The SMILES string of the molecule is CCNC(=NCc1cnc(C)s1)NCC1CC(=O)N(CCc2ccccc2)C1.I. The standard InChI is InChI=1S/C21H29N5OS.HI/c1-3-22-21(25-14-19-13-23-16(2)28-19)24-12-18-11-20(27)26(15-18)10-9-17-7-5-4-6-8-17;/h4-8,13,18H,3,9-12,14-15H2,1-2H3,(H2,22,24,25);1H. The highest BCUT2D eigenvalue weighted by molar-refractivity contribution is 14.0. The van der Waals surface area contributed by atoms with Crippen LogP contribution < -0.4 is 10.6 Å². The fraction of sp³-hybridized carbons (Fsp3) is 0.476. The van der Waals surface area contributed by atoms with Gasteiger partial charge < -0.3 is 15.5 Å². The van der Waals surface area contributed by atoms with Crippen LogP contribution in [-0.4, -0.2) is 47.9 Å². The third-order valence-electron chi connectivity index (χ3n) is 4.77. The first-order chi connectivity index (χ1) is 13.6. The van der Waals surface area contributed by atoms with Crippen LogP contribution in [0.25, 0.3) is 0 Å². The highest BCUT2D eigenvalue weighted by Gasteiger charge is 2.29. The Morgan fingerprint density at radius 1 is 1.31 bits per heavy atom. The van der Waals surface area contributed by atoms with Crippen LogP contribution in [-0.2, 0) is 17.8 Å². The molecule has 1 aliphatic heterocycles. The molecule has 0 spiro atoms. The number of benzene rings is 1. The van der Waals surface area contributed by atoms with E-state index in [0.29, 0.717) is 18.9 Å². The Kier molecular flexibility index (Phi) is 9.86. The van der Waals surface area contributed by atoms with Gasteiger partial charge in [-0.2, -0.15) is 0 Å². The van der Waals surface area contributed by atoms with Gasteiger partial charge in [0.1, 0.15) is 0 Å². The topological polar surface area (TPSA) is 69.6 Å². The minimum atomic E-state index is 0. The average Bonchev–Trinajstić information content (AvgIpc) is 3.28. The summed E-state index contributed by atoms with van der Waals surface area (Å²) in [5.74, 6) is 1.37. The molecule has 1 amide bonds. The van der Waals surface area contributed by atoms with Crippen molar-refractivity contribution in [3.63, 3.8) is 0 Å². The predicted octanol–water partition coefficient (Wildman–Crippen LogP) is 3.22. The quantitative estimate of drug-likeness (QED) is 0.314. The lowest BCUT2D eigenvalue weighted by atomic mass is 10.1. The van der Waals surface area contributed by atoms with Crippen molar-refractivity contribution in [3.8, 4) is 0 Å². The van der Waals surface area contributed by atoms with Crippen LogP contribution in [0.1, 0.15) is 28.8 Å². The lowest BCUT2D eigenvalue weighted by molar-refractivity contribution is -0.127. The highest BCUT2D eigenvalue weighted by Crippen LogP contribution is 2.18. The van der Waals surface area contributed by atoms with Crippen molar-refractivity contribution in [2.24, 2.45) is 10.9 Å². The van der Waals surface area contributed by atoms with E-state index < -0.39 is 0 Å². The number of carbonyl (C=O) groups excluding carboxylic acids is 1. The monoisotopic (exact) mass is 527 g/mol. The van der Waals surface area contributed by atoms with Gasteiger partial charge in [0.25, 0.3) is 0 Å². The van der Waals surface area contributed by atoms with Crippen molar-refractivity contribution in [3.05, 3.63) is 52.0 Å². The van der Waals surface area contributed by atoms with E-state index in [1.54, 1.807) is 11.3 Å². The van der Waals surface area contributed by atoms with E-state index in [-0.39, 0.29) is 29.9 Å². The van der Waals surface area contributed by atoms with Crippen LogP contribution in [0.5, 0.6) is 0 Å². The number of aryl methyl sites for hydroxylation is 1. The van der Waals surface area contributed by atoms with E-state index in [9.17, 15) is 4.79 Å². The van der Waals surface area contributed by atoms with Crippen molar-refractivity contribution in [1.29, 1.82) is 0 Å². The molecule has 1 aromatic carbocycles. The fourth-order valence-corrected chi connectivity index (χ4v) is 4.05. The molecule has 1 fully saturated rings. The van der Waals surface area contributed by atoms with Crippen molar-refractivity contribution in [1.82, 2.24) is 20.5 Å². The normalized spacial score (nSPS) is 16.6. The van der Waals surface area contributed by atoms with Crippen molar-refractivity contribution in [2.45, 2.75) is 33.2 Å². The third-order valence-corrected chi connectivity index (χ3v) is 5.67. The lowest BCUT2D eigenvalue weighted by Gasteiger charge is -2.18. The van der Waals surface area contributed by atoms with E-state index in [1.807, 2.05) is 36.2 Å². The molecule has 6 nitrogen and oxygen atoms in total. The molecule has 8 heteroatoms. The van der Waals surface area contributed by atoms with Gasteiger partial charge in [0, 0.05) is 49.6 Å². The van der Waals surface area contributed by atoms with Crippen LogP contribution in [0.15, 0.2) is 41.5 Å². The predicted molar refractivity (Wildman–Crippen MR) is 130 cm³/mol. The van der Waals surface area contributed by atoms with E-state index in [2.05, 4.69) is 39.7 Å². The van der Waals surface area contributed by atoms with Crippen LogP contribution in [0.3, 0.4) is 0 Å². The fourth-order valence-electron chi connectivity index (χ4n) is 3.33. The molecule has 3 rings (SSSR count). The molecule has 0 saturated carbocycles. The Morgan fingerprint density at radius 2 is 2.10 bits per heavy atom. The highest BCUT2D eigenvalue weighted by atomic mass is 127. The number of hydrogen-bond donors (Lipinski definition) is 2. The molecule has 0 aliphatic carbocycles. The van der Waals surface area contributed by atoms with Crippen molar-refractivity contribution < 1.29 is 4.79 Å². The smallest absolute Gasteiger partial charge is 0.223 e. The van der Waals surface area contributed by atoms with Gasteiger partial charge in [0.15, 0.2) is 5.96 Å². The molecule has 0 radical (unpaired) electrons. The summed E-state index contributed by atoms with van der Waals surface area (Å²) in [5, 5.41) is 7.73. The maximum absolute atomic E-state index is 12.3. The van der Waals surface area contributed by atoms with Gasteiger partial charge in [-0.1, -0.05) is 30.3 Å². The van der Waals surface area contributed by atoms with Gasteiger partial charge >= 0.3 is 0 Å². The van der Waals surface area contributed by atoms with Gasteiger partial charge in [-0.15, -0.1) is 35.3 Å². The van der Waals surface area contributed by atoms with Gasteiger partial charge in [-0.3, -0.25) is 4.79 Å². The van der Waals surface area contributed by atoms with Crippen LogP contribution in [0.2, 0.25) is 0 Å². The van der Waals surface area contributed by atoms with Crippen LogP contribution in [0.4, 0.5) is 0 Å². The number of rotatable bonds is 8. The zero-order valence-electron chi connectivity index (χ0n) is 17.1. The van der Waals surface area contributed by atoms with E-state index in [4.69, 9.17) is 0 Å². The molecular weight excluding hydrogens is 497 g/mol. The Hall–Kier alpha value is -1.68. The number of aliphatic imine (C=N–C) groups is 1. The summed E-state index contributed by atoms with van der Waals surface area (Å²) in [5.41, 5.74) is 1.27. The number of nitrogens with one attached hydrogen (secondary N) is 2. The van der Waals surface area contributed by atoms with E-state index in [0.717, 1.165) is 48.4 Å². The summed E-state index contributed by atoms with van der Waals surface area (Å²) in [6, 6.07) is 10.3. The van der Waals surface area contributed by atoms with Crippen LogP contribution in [0, 0.1) is 12.8 Å². The number of halogens is 1. The van der Waals surface area contributed by atoms with E-state index in [1.165, 1.54) is 5.56 Å². The summed E-state index contributed by atoms with van der Waals surface area (Å²) in [6.45, 7) is 7.83. The second-order valence-electron chi connectivity index (χ2n) is 7.07. The molecule has 1 atom stereocenters. The first-order valence-corrected chi connectivity index (χ1v) is 10.7. The Bertz CT molecular complexity index is 795. The zero-order valence-corrected chi connectivity index (χ0v) is 20.2. The number of nitrogens with zero attached hydrogens (tertiary/aromatic N) is 3. The molecule has 29 heavy (non-hydrogen) atoms. The van der Waals surface area contributed by atoms with Gasteiger partial charge in [0.2, 0.25) is 5.91 Å². The minimum Gasteiger partial charge on any atom is -0.357 e. The molecule has 0 bridgehead atoms. The first-order valence-electron chi connectivity index (χ1n) is 9.89. The summed E-state index contributed by atoms with van der Waals surface area (Å²) in [7, 11) is 0. The summed E-state index contributed by atoms with van der Waals surface area (Å²) in [6.07, 6.45) is 3.40. The largest absolute Gasteiger partial charge is 0.357 e. The van der Waals surface area contributed by atoms with Crippen LogP contribution >= 0.6 is 35.3 Å². The van der Waals surface area contributed by atoms with Crippen molar-refractivity contribution in [2.75, 3.05) is 26.2 Å². The summed E-state index contributed by atoms with van der Waals surface area (Å²) in [4.78, 5) is 24.4. The second-order valence-corrected chi connectivity index (χ2v) is 8.39.